The molecule has 0 aliphatic rings. The van der Waals surface area contributed by atoms with Crippen molar-refractivity contribution in [3.63, 3.8) is 0 Å². The fourth-order valence-electron chi connectivity index (χ4n) is 2.20. The van der Waals surface area contributed by atoms with E-state index in [1.807, 2.05) is 19.1 Å². The highest BCUT2D eigenvalue weighted by Crippen LogP contribution is 2.33. The lowest BCUT2D eigenvalue weighted by atomic mass is 9.98. The molecule has 0 aliphatic heterocycles. The molecule has 1 atom stereocenters. The van der Waals surface area contributed by atoms with Gasteiger partial charge in [0.15, 0.2) is 0 Å². The summed E-state index contributed by atoms with van der Waals surface area (Å²) in [6.45, 7) is 2.80. The first kappa shape index (κ1) is 16.3. The average molecular weight is 373 g/mol. The topological polar surface area (TPSA) is 21.3 Å². The molecule has 0 bridgehead atoms. The number of benzene rings is 2. The van der Waals surface area contributed by atoms with Crippen LogP contribution in [0.4, 0.5) is 4.39 Å². The minimum Gasteiger partial charge on any atom is -0.495 e. The van der Waals surface area contributed by atoms with Crippen LogP contribution in [0.15, 0.2) is 40.9 Å². The maximum Gasteiger partial charge on any atom is 0.137 e. The standard InChI is InChI=1S/C16H16BrClFNO/c1-3-20-16(12-6-5-11(19)9-13(12)17)10-4-7-14(18)15(8-10)21-2/h4-9,16,20H,3H2,1-2H3. The number of hydrogen-bond acceptors (Lipinski definition) is 2. The molecule has 0 heterocycles. The zero-order chi connectivity index (χ0) is 15.4. The minimum absolute atomic E-state index is 0.0730. The molecule has 0 fully saturated rings. The fraction of sp³-hybridized carbons (Fsp3) is 0.250. The van der Waals surface area contributed by atoms with Crippen LogP contribution in [0.1, 0.15) is 24.1 Å². The van der Waals surface area contributed by atoms with Crippen LogP contribution in [-0.2, 0) is 0 Å². The predicted octanol–water partition coefficient (Wildman–Crippen LogP) is 4.95. The van der Waals surface area contributed by atoms with Crippen LogP contribution in [0.5, 0.6) is 5.75 Å². The summed E-state index contributed by atoms with van der Waals surface area (Å²) in [5, 5.41) is 3.96. The summed E-state index contributed by atoms with van der Waals surface area (Å²) in [6, 6.07) is 10.3. The van der Waals surface area contributed by atoms with Gasteiger partial charge in [-0.25, -0.2) is 4.39 Å². The Hall–Kier alpha value is -1.10. The number of ether oxygens (including phenoxy) is 1. The molecule has 21 heavy (non-hydrogen) atoms. The van der Waals surface area contributed by atoms with Gasteiger partial charge in [0.25, 0.3) is 0 Å². The van der Waals surface area contributed by atoms with Gasteiger partial charge in [-0.3, -0.25) is 0 Å². The molecule has 0 saturated carbocycles. The van der Waals surface area contributed by atoms with Crippen molar-refractivity contribution in [2.45, 2.75) is 13.0 Å². The number of rotatable bonds is 5. The van der Waals surface area contributed by atoms with E-state index < -0.39 is 0 Å². The molecule has 1 unspecified atom stereocenters. The monoisotopic (exact) mass is 371 g/mol. The number of nitrogens with one attached hydrogen (secondary N) is 1. The van der Waals surface area contributed by atoms with E-state index in [0.717, 1.165) is 22.1 Å². The van der Waals surface area contributed by atoms with Crippen LogP contribution in [0, 0.1) is 5.82 Å². The highest BCUT2D eigenvalue weighted by molar-refractivity contribution is 9.10. The van der Waals surface area contributed by atoms with Gasteiger partial charge >= 0.3 is 0 Å². The van der Waals surface area contributed by atoms with Gasteiger partial charge in [-0.2, -0.15) is 0 Å². The van der Waals surface area contributed by atoms with Gasteiger partial charge in [0.05, 0.1) is 18.2 Å². The van der Waals surface area contributed by atoms with E-state index in [1.165, 1.54) is 12.1 Å². The molecule has 112 valence electrons. The van der Waals surface area contributed by atoms with Gasteiger partial charge < -0.3 is 10.1 Å². The Balaban J connectivity index is 2.47. The molecule has 2 nitrogen and oxygen atoms in total. The lowest BCUT2D eigenvalue weighted by Crippen LogP contribution is -2.22. The Morgan fingerprint density at radius 1 is 1.29 bits per heavy atom. The molecule has 0 spiro atoms. The average Bonchev–Trinajstić information content (AvgIpc) is 2.46. The lowest BCUT2D eigenvalue weighted by molar-refractivity contribution is 0.414. The van der Waals surface area contributed by atoms with Crippen molar-refractivity contribution in [1.29, 1.82) is 0 Å². The highest BCUT2D eigenvalue weighted by Gasteiger charge is 2.17. The summed E-state index contributed by atoms with van der Waals surface area (Å²) in [7, 11) is 1.58. The lowest BCUT2D eigenvalue weighted by Gasteiger charge is -2.21. The Kier molecular flexibility index (Phi) is 5.62. The zero-order valence-corrected chi connectivity index (χ0v) is 14.1. The second-order valence-electron chi connectivity index (χ2n) is 4.55. The molecule has 2 aromatic rings. The third-order valence-corrected chi connectivity index (χ3v) is 4.19. The van der Waals surface area contributed by atoms with Crippen molar-refractivity contribution in [3.05, 3.63) is 62.8 Å². The summed E-state index contributed by atoms with van der Waals surface area (Å²) in [5.41, 5.74) is 1.97. The quantitative estimate of drug-likeness (QED) is 0.802. The predicted molar refractivity (Wildman–Crippen MR) is 87.6 cm³/mol. The van der Waals surface area contributed by atoms with Gasteiger partial charge in [-0.1, -0.05) is 46.6 Å². The van der Waals surface area contributed by atoms with E-state index in [-0.39, 0.29) is 11.9 Å². The second-order valence-corrected chi connectivity index (χ2v) is 5.81. The zero-order valence-electron chi connectivity index (χ0n) is 11.8. The van der Waals surface area contributed by atoms with Crippen LogP contribution in [0.25, 0.3) is 0 Å². The molecule has 0 radical (unpaired) electrons. The Morgan fingerprint density at radius 2 is 2.05 bits per heavy atom. The Labute approximate surface area is 137 Å². The van der Waals surface area contributed by atoms with Crippen LogP contribution in [-0.4, -0.2) is 13.7 Å². The number of halogens is 3. The smallest absolute Gasteiger partial charge is 0.137 e. The first-order valence-electron chi connectivity index (χ1n) is 6.58. The van der Waals surface area contributed by atoms with Gasteiger partial charge in [-0.15, -0.1) is 0 Å². The molecular formula is C16H16BrClFNO. The molecule has 0 aromatic heterocycles. The SMILES string of the molecule is CCNC(c1ccc(Cl)c(OC)c1)c1ccc(F)cc1Br. The van der Waals surface area contributed by atoms with Crippen LogP contribution in [0.2, 0.25) is 5.02 Å². The van der Waals surface area contributed by atoms with E-state index in [1.54, 1.807) is 19.2 Å². The summed E-state index contributed by atoms with van der Waals surface area (Å²) < 4.78 is 19.3. The first-order chi connectivity index (χ1) is 10.1. The summed E-state index contributed by atoms with van der Waals surface area (Å²) in [5.74, 6) is 0.352. The molecule has 1 N–H and O–H groups in total. The minimum atomic E-state index is -0.269. The first-order valence-corrected chi connectivity index (χ1v) is 7.75. The van der Waals surface area contributed by atoms with Crippen LogP contribution < -0.4 is 10.1 Å². The summed E-state index contributed by atoms with van der Waals surface area (Å²) in [6.07, 6.45) is 0. The van der Waals surface area contributed by atoms with Gasteiger partial charge in [0.2, 0.25) is 0 Å². The Bertz CT molecular complexity index is 636. The van der Waals surface area contributed by atoms with Crippen molar-refractivity contribution in [1.82, 2.24) is 5.32 Å². The third-order valence-electron chi connectivity index (χ3n) is 3.19. The number of methoxy groups -OCH3 is 1. The fourth-order valence-corrected chi connectivity index (χ4v) is 2.98. The van der Waals surface area contributed by atoms with E-state index in [4.69, 9.17) is 16.3 Å². The molecule has 0 amide bonds. The summed E-state index contributed by atoms with van der Waals surface area (Å²) >= 11 is 9.50. The second kappa shape index (κ2) is 7.25. The molecule has 5 heteroatoms. The van der Waals surface area contributed by atoms with E-state index in [0.29, 0.717) is 10.8 Å². The normalized spacial score (nSPS) is 12.2. The molecule has 2 aromatic carbocycles. The highest BCUT2D eigenvalue weighted by atomic mass is 79.9. The van der Waals surface area contributed by atoms with Gasteiger partial charge in [0, 0.05) is 4.47 Å². The van der Waals surface area contributed by atoms with Crippen molar-refractivity contribution in [3.8, 4) is 5.75 Å². The van der Waals surface area contributed by atoms with Crippen molar-refractivity contribution >= 4 is 27.5 Å². The maximum atomic E-state index is 13.3. The third kappa shape index (κ3) is 3.76. The van der Waals surface area contributed by atoms with Gasteiger partial charge in [-0.05, 0) is 41.9 Å². The molecule has 2 rings (SSSR count). The largest absolute Gasteiger partial charge is 0.495 e. The van der Waals surface area contributed by atoms with Gasteiger partial charge in [0.1, 0.15) is 11.6 Å². The molecular weight excluding hydrogens is 357 g/mol. The Morgan fingerprint density at radius 3 is 2.67 bits per heavy atom. The van der Waals surface area contributed by atoms with E-state index in [2.05, 4.69) is 21.2 Å². The number of hydrogen-bond donors (Lipinski definition) is 1. The van der Waals surface area contributed by atoms with Crippen molar-refractivity contribution in [2.24, 2.45) is 0 Å². The molecule has 0 aliphatic carbocycles. The van der Waals surface area contributed by atoms with Crippen LogP contribution in [0.3, 0.4) is 0 Å². The summed E-state index contributed by atoms with van der Waals surface area (Å²) in [4.78, 5) is 0. The van der Waals surface area contributed by atoms with E-state index in [9.17, 15) is 4.39 Å². The molecule has 0 saturated heterocycles. The van der Waals surface area contributed by atoms with Crippen molar-refractivity contribution in [2.75, 3.05) is 13.7 Å². The van der Waals surface area contributed by atoms with Crippen LogP contribution >= 0.6 is 27.5 Å². The maximum absolute atomic E-state index is 13.3. The van der Waals surface area contributed by atoms with E-state index >= 15 is 0 Å². The van der Waals surface area contributed by atoms with Crippen molar-refractivity contribution < 1.29 is 9.13 Å².